The molecule has 2 aromatic heterocycles. The number of hydrogen-bond acceptors (Lipinski definition) is 4. The molecule has 0 aliphatic carbocycles. The van der Waals surface area contributed by atoms with Crippen LogP contribution in [0.5, 0.6) is 5.75 Å². The molecule has 1 atom stereocenters. The molecule has 0 saturated heterocycles. The molecule has 0 aliphatic heterocycles. The summed E-state index contributed by atoms with van der Waals surface area (Å²) in [6.07, 6.45) is 2.96. The zero-order valence-electron chi connectivity index (χ0n) is 10.2. The molecule has 0 N–H and O–H groups in total. The number of hydrogen-bond donors (Lipinski definition) is 0. The lowest BCUT2D eigenvalue weighted by Gasteiger charge is -2.13. The molecule has 1 unspecified atom stereocenters. The Morgan fingerprint density at radius 1 is 1.21 bits per heavy atom. The van der Waals surface area contributed by atoms with Crippen LogP contribution in [0.25, 0.3) is 5.78 Å². The van der Waals surface area contributed by atoms with E-state index in [9.17, 15) is 4.39 Å². The molecule has 0 radical (unpaired) electrons. The highest BCUT2D eigenvalue weighted by Gasteiger charge is 2.10. The van der Waals surface area contributed by atoms with E-state index < -0.39 is 0 Å². The number of benzene rings is 1. The van der Waals surface area contributed by atoms with E-state index >= 15 is 0 Å². The summed E-state index contributed by atoms with van der Waals surface area (Å²) in [5.74, 6) is 0.826. The molecule has 3 rings (SSSR count). The van der Waals surface area contributed by atoms with Crippen molar-refractivity contribution in [1.82, 2.24) is 19.6 Å². The van der Waals surface area contributed by atoms with Gasteiger partial charge in [-0.2, -0.15) is 10.1 Å². The first-order valence-corrected chi connectivity index (χ1v) is 5.81. The van der Waals surface area contributed by atoms with E-state index in [1.807, 2.05) is 13.0 Å². The molecule has 0 amide bonds. The second-order valence-electron chi connectivity index (χ2n) is 4.07. The standard InChI is InChI=1S/C13H11FN4O/c1-9(19-11-4-2-10(14)3-5-11)12-6-7-18-13(17-12)15-8-16-18/h2-9H,1H3. The first-order chi connectivity index (χ1) is 9.22. The Morgan fingerprint density at radius 3 is 2.79 bits per heavy atom. The van der Waals surface area contributed by atoms with Crippen LogP contribution in [0, 0.1) is 5.82 Å². The normalized spacial score (nSPS) is 12.5. The van der Waals surface area contributed by atoms with Gasteiger partial charge in [0.05, 0.1) is 5.69 Å². The summed E-state index contributed by atoms with van der Waals surface area (Å²) in [7, 11) is 0. The van der Waals surface area contributed by atoms with Crippen molar-refractivity contribution < 1.29 is 9.13 Å². The van der Waals surface area contributed by atoms with Gasteiger partial charge >= 0.3 is 0 Å². The van der Waals surface area contributed by atoms with Crippen molar-refractivity contribution in [2.24, 2.45) is 0 Å². The number of nitrogens with zero attached hydrogens (tertiary/aromatic N) is 4. The Kier molecular flexibility index (Phi) is 2.83. The topological polar surface area (TPSA) is 52.3 Å². The number of fused-ring (bicyclic) bond motifs is 1. The Hall–Kier alpha value is -2.50. The minimum atomic E-state index is -0.289. The molecule has 5 nitrogen and oxygen atoms in total. The first kappa shape index (κ1) is 11.6. The Morgan fingerprint density at radius 2 is 2.00 bits per heavy atom. The predicted molar refractivity (Wildman–Crippen MR) is 66.2 cm³/mol. The van der Waals surface area contributed by atoms with Gasteiger partial charge in [-0.3, -0.25) is 0 Å². The zero-order chi connectivity index (χ0) is 13.2. The maximum atomic E-state index is 12.8. The molecule has 2 heterocycles. The van der Waals surface area contributed by atoms with Crippen molar-refractivity contribution in [1.29, 1.82) is 0 Å². The maximum absolute atomic E-state index is 12.8. The molecule has 19 heavy (non-hydrogen) atoms. The predicted octanol–water partition coefficient (Wildman–Crippen LogP) is 2.40. The quantitative estimate of drug-likeness (QED) is 0.724. The van der Waals surface area contributed by atoms with Gasteiger partial charge in [-0.15, -0.1) is 0 Å². The highest BCUT2D eigenvalue weighted by atomic mass is 19.1. The van der Waals surface area contributed by atoms with Crippen LogP contribution in [0.2, 0.25) is 0 Å². The van der Waals surface area contributed by atoms with Crippen LogP contribution in [0.15, 0.2) is 42.9 Å². The Bertz CT molecular complexity index is 695. The van der Waals surface area contributed by atoms with E-state index in [2.05, 4.69) is 15.1 Å². The molecular formula is C13H11FN4O. The Labute approximate surface area is 108 Å². The van der Waals surface area contributed by atoms with Gasteiger partial charge in [-0.1, -0.05) is 0 Å². The first-order valence-electron chi connectivity index (χ1n) is 5.81. The van der Waals surface area contributed by atoms with Crippen molar-refractivity contribution in [3.8, 4) is 5.75 Å². The third-order valence-corrected chi connectivity index (χ3v) is 2.71. The van der Waals surface area contributed by atoms with Gasteiger partial charge in [0.1, 0.15) is 24.0 Å². The average Bonchev–Trinajstić information content (AvgIpc) is 2.88. The molecular weight excluding hydrogens is 247 g/mol. The fraction of sp³-hybridized carbons (Fsp3) is 0.154. The van der Waals surface area contributed by atoms with Gasteiger partial charge < -0.3 is 4.74 Å². The van der Waals surface area contributed by atoms with Gasteiger partial charge in [-0.25, -0.2) is 13.9 Å². The molecule has 96 valence electrons. The van der Waals surface area contributed by atoms with Gasteiger partial charge in [-0.05, 0) is 37.3 Å². The molecule has 0 spiro atoms. The summed E-state index contributed by atoms with van der Waals surface area (Å²) in [5.41, 5.74) is 0.741. The van der Waals surface area contributed by atoms with E-state index in [0.29, 0.717) is 11.5 Å². The summed E-state index contributed by atoms with van der Waals surface area (Å²) >= 11 is 0. The second kappa shape index (κ2) is 4.64. The third kappa shape index (κ3) is 2.37. The lowest BCUT2D eigenvalue weighted by molar-refractivity contribution is 0.221. The second-order valence-corrected chi connectivity index (χ2v) is 4.07. The fourth-order valence-corrected chi connectivity index (χ4v) is 1.73. The van der Waals surface area contributed by atoms with Crippen LogP contribution >= 0.6 is 0 Å². The van der Waals surface area contributed by atoms with Crippen molar-refractivity contribution in [2.75, 3.05) is 0 Å². The lowest BCUT2D eigenvalue weighted by atomic mass is 10.2. The third-order valence-electron chi connectivity index (χ3n) is 2.71. The van der Waals surface area contributed by atoms with E-state index in [4.69, 9.17) is 4.74 Å². The average molecular weight is 258 g/mol. The van der Waals surface area contributed by atoms with Crippen LogP contribution in [-0.2, 0) is 0 Å². The van der Waals surface area contributed by atoms with Crippen LogP contribution in [0.3, 0.4) is 0 Å². The van der Waals surface area contributed by atoms with Crippen molar-refractivity contribution >= 4 is 5.78 Å². The van der Waals surface area contributed by atoms with E-state index in [1.165, 1.54) is 18.5 Å². The van der Waals surface area contributed by atoms with Gasteiger partial charge in [0.15, 0.2) is 0 Å². The number of aromatic nitrogens is 4. The van der Waals surface area contributed by atoms with E-state index in [0.717, 1.165) is 5.69 Å². The summed E-state index contributed by atoms with van der Waals surface area (Å²) in [6, 6.07) is 7.70. The number of rotatable bonds is 3. The SMILES string of the molecule is CC(Oc1ccc(F)cc1)c1ccn2ncnc2n1. The van der Waals surface area contributed by atoms with Gasteiger partial charge in [0.25, 0.3) is 5.78 Å². The maximum Gasteiger partial charge on any atom is 0.252 e. The molecule has 0 fully saturated rings. The van der Waals surface area contributed by atoms with Crippen molar-refractivity contribution in [3.63, 3.8) is 0 Å². The number of halogens is 1. The summed E-state index contributed by atoms with van der Waals surface area (Å²) in [4.78, 5) is 8.36. The van der Waals surface area contributed by atoms with Crippen molar-refractivity contribution in [3.05, 3.63) is 54.4 Å². The van der Waals surface area contributed by atoms with Crippen LogP contribution < -0.4 is 4.74 Å². The monoisotopic (exact) mass is 258 g/mol. The highest BCUT2D eigenvalue weighted by Crippen LogP contribution is 2.20. The molecule has 0 saturated carbocycles. The zero-order valence-corrected chi connectivity index (χ0v) is 10.2. The van der Waals surface area contributed by atoms with Gasteiger partial charge in [0, 0.05) is 6.20 Å². The molecule has 3 aromatic rings. The van der Waals surface area contributed by atoms with Crippen LogP contribution in [0.1, 0.15) is 18.7 Å². The highest BCUT2D eigenvalue weighted by molar-refractivity contribution is 5.28. The van der Waals surface area contributed by atoms with Crippen LogP contribution in [0.4, 0.5) is 4.39 Å². The summed E-state index contributed by atoms with van der Waals surface area (Å²) < 4.78 is 20.1. The minimum Gasteiger partial charge on any atom is -0.484 e. The molecule has 1 aromatic carbocycles. The van der Waals surface area contributed by atoms with Gasteiger partial charge in [0.2, 0.25) is 0 Å². The lowest BCUT2D eigenvalue weighted by Crippen LogP contribution is -2.06. The minimum absolute atomic E-state index is 0.257. The molecule has 6 heteroatoms. The molecule has 0 bridgehead atoms. The van der Waals surface area contributed by atoms with E-state index in [1.54, 1.807) is 22.8 Å². The molecule has 0 aliphatic rings. The van der Waals surface area contributed by atoms with Crippen LogP contribution in [-0.4, -0.2) is 19.6 Å². The summed E-state index contributed by atoms with van der Waals surface area (Å²) in [5, 5.41) is 3.97. The Balaban J connectivity index is 1.82. The van der Waals surface area contributed by atoms with Crippen molar-refractivity contribution in [2.45, 2.75) is 13.0 Å². The smallest absolute Gasteiger partial charge is 0.252 e. The largest absolute Gasteiger partial charge is 0.484 e. The fourth-order valence-electron chi connectivity index (χ4n) is 1.73. The number of ether oxygens (including phenoxy) is 1. The van der Waals surface area contributed by atoms with E-state index in [-0.39, 0.29) is 11.9 Å². The summed E-state index contributed by atoms with van der Waals surface area (Å²) in [6.45, 7) is 1.87.